The lowest BCUT2D eigenvalue weighted by molar-refractivity contribution is 0.251. The molecule has 3 nitrogen and oxygen atoms in total. The summed E-state index contributed by atoms with van der Waals surface area (Å²) in [5.41, 5.74) is 0. The molecule has 0 saturated carbocycles. The molecule has 0 aliphatic carbocycles. The predicted molar refractivity (Wildman–Crippen MR) is 62.7 cm³/mol. The van der Waals surface area contributed by atoms with Crippen LogP contribution in [0.4, 0.5) is 0 Å². The van der Waals surface area contributed by atoms with Crippen molar-refractivity contribution in [2.75, 3.05) is 30.3 Å². The standard InChI is InChI=1S/C9H17NO2S2/c1-9-8-14(11,12)7-5-10(9)4-2-3-6-13/h2-3,9,13H,4-8H2,1H3/b3-2+. The normalized spacial score (nSPS) is 28.3. The highest BCUT2D eigenvalue weighted by Gasteiger charge is 2.26. The lowest BCUT2D eigenvalue weighted by atomic mass is 10.3. The van der Waals surface area contributed by atoms with Gasteiger partial charge in [-0.05, 0) is 6.92 Å². The summed E-state index contributed by atoms with van der Waals surface area (Å²) >= 11 is 4.07. The van der Waals surface area contributed by atoms with Crippen molar-refractivity contribution in [3.63, 3.8) is 0 Å². The Morgan fingerprint density at radius 2 is 2.21 bits per heavy atom. The summed E-state index contributed by atoms with van der Waals surface area (Å²) in [6, 6.07) is 0.137. The van der Waals surface area contributed by atoms with Gasteiger partial charge in [0.15, 0.2) is 9.84 Å². The Morgan fingerprint density at radius 1 is 1.50 bits per heavy atom. The molecule has 1 aliphatic rings. The summed E-state index contributed by atoms with van der Waals surface area (Å²) in [6.07, 6.45) is 4.03. The van der Waals surface area contributed by atoms with Gasteiger partial charge >= 0.3 is 0 Å². The Bertz CT molecular complexity index is 298. The second-order valence-corrected chi connectivity index (χ2v) is 6.21. The third-order valence-electron chi connectivity index (χ3n) is 2.42. The largest absolute Gasteiger partial charge is 0.295 e. The molecule has 1 rings (SSSR count). The van der Waals surface area contributed by atoms with Crippen LogP contribution >= 0.6 is 12.6 Å². The third kappa shape index (κ3) is 3.63. The zero-order valence-corrected chi connectivity index (χ0v) is 10.1. The van der Waals surface area contributed by atoms with Crippen LogP contribution < -0.4 is 0 Å². The van der Waals surface area contributed by atoms with Crippen molar-refractivity contribution < 1.29 is 8.42 Å². The van der Waals surface area contributed by atoms with Crippen molar-refractivity contribution >= 4 is 22.5 Å². The van der Waals surface area contributed by atoms with Crippen molar-refractivity contribution in [1.29, 1.82) is 0 Å². The van der Waals surface area contributed by atoms with Crippen LogP contribution in [0.15, 0.2) is 12.2 Å². The van der Waals surface area contributed by atoms with Crippen molar-refractivity contribution in [3.05, 3.63) is 12.2 Å². The van der Waals surface area contributed by atoms with Crippen LogP contribution in [0.25, 0.3) is 0 Å². The van der Waals surface area contributed by atoms with E-state index in [1.807, 2.05) is 19.1 Å². The van der Waals surface area contributed by atoms with Crippen LogP contribution in [0.1, 0.15) is 6.92 Å². The zero-order chi connectivity index (χ0) is 10.6. The molecule has 0 bridgehead atoms. The van der Waals surface area contributed by atoms with Crippen molar-refractivity contribution in [2.24, 2.45) is 0 Å². The maximum Gasteiger partial charge on any atom is 0.153 e. The van der Waals surface area contributed by atoms with Gasteiger partial charge in [-0.2, -0.15) is 12.6 Å². The van der Waals surface area contributed by atoms with E-state index < -0.39 is 9.84 Å². The molecule has 1 aliphatic heterocycles. The molecule has 1 heterocycles. The Labute approximate surface area is 91.5 Å². The lowest BCUT2D eigenvalue weighted by Gasteiger charge is -2.32. The Kier molecular flexibility index (Phi) is 4.47. The van der Waals surface area contributed by atoms with Crippen LogP contribution in [0.3, 0.4) is 0 Å². The molecule has 1 atom stereocenters. The number of sulfone groups is 1. The van der Waals surface area contributed by atoms with E-state index in [1.165, 1.54) is 0 Å². The fourth-order valence-corrected chi connectivity index (χ4v) is 3.36. The molecule has 0 spiro atoms. The minimum atomic E-state index is -2.78. The zero-order valence-electron chi connectivity index (χ0n) is 8.39. The average Bonchev–Trinajstić information content (AvgIpc) is 2.08. The topological polar surface area (TPSA) is 37.4 Å². The van der Waals surface area contributed by atoms with E-state index in [4.69, 9.17) is 0 Å². The van der Waals surface area contributed by atoms with Crippen LogP contribution in [0.2, 0.25) is 0 Å². The molecule has 0 radical (unpaired) electrons. The molecule has 1 fully saturated rings. The molecular formula is C9H17NO2S2. The van der Waals surface area contributed by atoms with Gasteiger partial charge in [-0.15, -0.1) is 0 Å². The average molecular weight is 235 g/mol. The second-order valence-electron chi connectivity index (χ2n) is 3.61. The highest BCUT2D eigenvalue weighted by Crippen LogP contribution is 2.10. The molecule has 0 amide bonds. The van der Waals surface area contributed by atoms with E-state index in [2.05, 4.69) is 17.5 Å². The molecular weight excluding hydrogens is 218 g/mol. The van der Waals surface area contributed by atoms with E-state index >= 15 is 0 Å². The van der Waals surface area contributed by atoms with Crippen LogP contribution in [0, 0.1) is 0 Å². The summed E-state index contributed by atoms with van der Waals surface area (Å²) in [6.45, 7) is 3.45. The molecule has 0 N–H and O–H groups in total. The summed E-state index contributed by atoms with van der Waals surface area (Å²) in [5.74, 6) is 1.33. The molecule has 14 heavy (non-hydrogen) atoms. The Balaban J connectivity index is 2.46. The maximum absolute atomic E-state index is 11.3. The number of thiol groups is 1. The van der Waals surface area contributed by atoms with Crippen LogP contribution in [-0.2, 0) is 9.84 Å². The van der Waals surface area contributed by atoms with E-state index in [0.717, 1.165) is 12.3 Å². The van der Waals surface area contributed by atoms with Gasteiger partial charge < -0.3 is 0 Å². The van der Waals surface area contributed by atoms with Gasteiger partial charge in [0, 0.05) is 24.9 Å². The van der Waals surface area contributed by atoms with Crippen molar-refractivity contribution in [3.8, 4) is 0 Å². The van der Waals surface area contributed by atoms with Crippen molar-refractivity contribution in [1.82, 2.24) is 4.90 Å². The first kappa shape index (κ1) is 12.1. The van der Waals surface area contributed by atoms with E-state index in [0.29, 0.717) is 18.1 Å². The summed E-state index contributed by atoms with van der Waals surface area (Å²) in [7, 11) is -2.78. The quantitative estimate of drug-likeness (QED) is 0.575. The van der Waals surface area contributed by atoms with Crippen LogP contribution in [-0.4, -0.2) is 49.7 Å². The monoisotopic (exact) mass is 235 g/mol. The first-order valence-electron chi connectivity index (χ1n) is 4.75. The minimum absolute atomic E-state index is 0.137. The van der Waals surface area contributed by atoms with Gasteiger partial charge in [-0.25, -0.2) is 8.42 Å². The summed E-state index contributed by atoms with van der Waals surface area (Å²) < 4.78 is 22.6. The Hall–Kier alpha value is -0.000000000000000111. The van der Waals surface area contributed by atoms with Crippen LogP contribution in [0.5, 0.6) is 0 Å². The number of hydrogen-bond donors (Lipinski definition) is 1. The molecule has 0 aromatic rings. The van der Waals surface area contributed by atoms with Gasteiger partial charge in [0.2, 0.25) is 0 Å². The van der Waals surface area contributed by atoms with Crippen molar-refractivity contribution in [2.45, 2.75) is 13.0 Å². The van der Waals surface area contributed by atoms with Gasteiger partial charge in [0.25, 0.3) is 0 Å². The number of hydrogen-bond acceptors (Lipinski definition) is 4. The Morgan fingerprint density at radius 3 is 2.79 bits per heavy atom. The summed E-state index contributed by atoms with van der Waals surface area (Å²) in [4.78, 5) is 2.18. The smallest absolute Gasteiger partial charge is 0.153 e. The molecule has 1 unspecified atom stereocenters. The minimum Gasteiger partial charge on any atom is -0.295 e. The van der Waals surface area contributed by atoms with E-state index in [-0.39, 0.29) is 6.04 Å². The third-order valence-corrected chi connectivity index (χ3v) is 4.43. The SMILES string of the molecule is CC1CS(=O)(=O)CCN1C/C=C/CS. The maximum atomic E-state index is 11.3. The highest BCUT2D eigenvalue weighted by atomic mass is 32.2. The first-order chi connectivity index (χ1) is 6.55. The number of nitrogens with zero attached hydrogens (tertiary/aromatic N) is 1. The summed E-state index contributed by atoms with van der Waals surface area (Å²) in [5, 5.41) is 0. The van der Waals surface area contributed by atoms with E-state index in [9.17, 15) is 8.42 Å². The predicted octanol–water partition coefficient (Wildman–Crippen LogP) is 0.591. The molecule has 5 heteroatoms. The molecule has 0 aromatic heterocycles. The molecule has 0 aromatic carbocycles. The first-order valence-corrected chi connectivity index (χ1v) is 7.21. The molecule has 1 saturated heterocycles. The van der Waals surface area contributed by atoms with Gasteiger partial charge in [-0.3, -0.25) is 4.90 Å². The van der Waals surface area contributed by atoms with Gasteiger partial charge in [-0.1, -0.05) is 12.2 Å². The highest BCUT2D eigenvalue weighted by molar-refractivity contribution is 7.91. The molecule has 82 valence electrons. The fourth-order valence-electron chi connectivity index (χ4n) is 1.59. The lowest BCUT2D eigenvalue weighted by Crippen LogP contribution is -2.46. The van der Waals surface area contributed by atoms with Gasteiger partial charge in [0.1, 0.15) is 0 Å². The fraction of sp³-hybridized carbons (Fsp3) is 0.778. The van der Waals surface area contributed by atoms with E-state index in [1.54, 1.807) is 0 Å². The van der Waals surface area contributed by atoms with Gasteiger partial charge in [0.05, 0.1) is 11.5 Å². The number of rotatable bonds is 3. The second kappa shape index (κ2) is 5.19.